The first-order valence-corrected chi connectivity index (χ1v) is 18.9. The van der Waals surface area contributed by atoms with E-state index < -0.39 is 46.4 Å². The van der Waals surface area contributed by atoms with Gasteiger partial charge in [-0.05, 0) is 73.8 Å². The number of nitrogens with zero attached hydrogens (tertiary/aromatic N) is 5. The number of pyridine rings is 3. The summed E-state index contributed by atoms with van der Waals surface area (Å²) in [5, 5.41) is 3.28. The minimum Gasteiger partial charge on any atom is -0.462 e. The van der Waals surface area contributed by atoms with Crippen molar-refractivity contribution in [3.8, 4) is 11.1 Å². The van der Waals surface area contributed by atoms with Crippen molar-refractivity contribution in [2.75, 3.05) is 36.5 Å². The van der Waals surface area contributed by atoms with E-state index in [1.807, 2.05) is 0 Å². The summed E-state index contributed by atoms with van der Waals surface area (Å²) in [6, 6.07) is 2.36. The first-order valence-electron chi connectivity index (χ1n) is 18.9. The highest BCUT2D eigenvalue weighted by molar-refractivity contribution is 6.19. The summed E-state index contributed by atoms with van der Waals surface area (Å²) < 4.78 is 50.0. The smallest absolute Gasteiger partial charge is 0.414 e. The number of halogens is 2. The van der Waals surface area contributed by atoms with Crippen LogP contribution >= 0.6 is 0 Å². The van der Waals surface area contributed by atoms with Gasteiger partial charge in [0.25, 0.3) is 0 Å². The molecule has 302 valence electrons. The quantitative estimate of drug-likeness (QED) is 0.132. The van der Waals surface area contributed by atoms with Crippen molar-refractivity contribution in [2.45, 2.75) is 85.0 Å². The Morgan fingerprint density at radius 3 is 2.46 bits per heavy atom. The van der Waals surface area contributed by atoms with E-state index in [-0.39, 0.29) is 56.6 Å². The fourth-order valence-electron chi connectivity index (χ4n) is 7.83. The van der Waals surface area contributed by atoms with E-state index in [2.05, 4.69) is 20.2 Å². The number of benzene rings is 1. The van der Waals surface area contributed by atoms with Crippen LogP contribution in [-0.4, -0.2) is 81.7 Å². The molecule has 1 saturated carbocycles. The predicted molar refractivity (Wildman–Crippen MR) is 212 cm³/mol. The summed E-state index contributed by atoms with van der Waals surface area (Å²) in [6.45, 7) is 13.2. The Hall–Kier alpha value is -5.80. The maximum atomic E-state index is 16.4. The number of alkyl carbamates (subject to hydrolysis) is 1. The molecule has 1 aromatic carbocycles. The molecule has 7 rings (SSSR count). The lowest BCUT2D eigenvalue weighted by atomic mass is 9.91. The van der Waals surface area contributed by atoms with Crippen molar-refractivity contribution in [1.29, 1.82) is 0 Å². The second kappa shape index (κ2) is 14.0. The second-order valence-electron chi connectivity index (χ2n) is 16.9. The van der Waals surface area contributed by atoms with Crippen LogP contribution < -0.4 is 20.5 Å². The Labute approximate surface area is 327 Å². The molecule has 0 bridgehead atoms. The molecule has 5 aromatic rings. The molecule has 1 saturated heterocycles. The Balaban J connectivity index is 1.44. The number of hydrogen-bond acceptors (Lipinski definition) is 10. The van der Waals surface area contributed by atoms with Gasteiger partial charge in [-0.25, -0.2) is 33.1 Å². The number of fused-ring (bicyclic) bond motifs is 4. The molecule has 0 radical (unpaired) electrons. The lowest BCUT2D eigenvalue weighted by Gasteiger charge is -2.37. The van der Waals surface area contributed by atoms with Gasteiger partial charge >= 0.3 is 18.2 Å². The Morgan fingerprint density at radius 1 is 1.05 bits per heavy atom. The van der Waals surface area contributed by atoms with Crippen LogP contribution in [0.2, 0.25) is 0 Å². The molecule has 2 N–H and O–H groups in total. The molecule has 1 spiro atoms. The van der Waals surface area contributed by atoms with Gasteiger partial charge < -0.3 is 34.0 Å². The number of hydrogen-bond donors (Lipinski definition) is 2. The van der Waals surface area contributed by atoms with Crippen LogP contribution in [0.25, 0.3) is 44.1 Å². The molecule has 16 heteroatoms. The zero-order valence-electron chi connectivity index (χ0n) is 33.6. The molecule has 2 atom stereocenters. The predicted octanol–water partition coefficient (Wildman–Crippen LogP) is 7.34. The zero-order valence-corrected chi connectivity index (χ0v) is 33.6. The summed E-state index contributed by atoms with van der Waals surface area (Å²) in [5.41, 5.74) is -0.550. The maximum absolute atomic E-state index is 16.4. The number of nitrogens with one attached hydrogen (secondary N) is 2. The van der Waals surface area contributed by atoms with Crippen LogP contribution in [0.3, 0.4) is 0 Å². The topological polar surface area (TPSA) is 161 Å². The number of H-pyrrole nitrogens is 1. The van der Waals surface area contributed by atoms with Crippen LogP contribution in [0, 0.1) is 17.0 Å². The molecule has 14 nitrogen and oxygen atoms in total. The van der Waals surface area contributed by atoms with Crippen LogP contribution in [0.15, 0.2) is 35.5 Å². The molecule has 5 heterocycles. The van der Waals surface area contributed by atoms with E-state index >= 15 is 8.78 Å². The molecular formula is C41H47F2N7O7. The Morgan fingerprint density at radius 2 is 1.77 bits per heavy atom. The van der Waals surface area contributed by atoms with Crippen LogP contribution in [0.5, 0.6) is 0 Å². The molecule has 1 aliphatic heterocycles. The van der Waals surface area contributed by atoms with Crippen molar-refractivity contribution in [1.82, 2.24) is 24.8 Å². The number of amides is 2. The van der Waals surface area contributed by atoms with Gasteiger partial charge in [-0.3, -0.25) is 9.69 Å². The molecule has 57 heavy (non-hydrogen) atoms. The number of carbonyl (C=O) groups is 3. The van der Waals surface area contributed by atoms with Gasteiger partial charge in [-0.15, -0.1) is 0 Å². The summed E-state index contributed by atoms with van der Waals surface area (Å²) in [7, 11) is 3.08. The van der Waals surface area contributed by atoms with E-state index in [9.17, 15) is 19.2 Å². The normalized spacial score (nSPS) is 18.3. The van der Waals surface area contributed by atoms with Crippen LogP contribution in [-0.2, 0) is 21.3 Å². The van der Waals surface area contributed by atoms with E-state index in [0.29, 0.717) is 48.4 Å². The number of aromatic amines is 1. The first-order chi connectivity index (χ1) is 26.7. The third-order valence-electron chi connectivity index (χ3n) is 10.4. The summed E-state index contributed by atoms with van der Waals surface area (Å²) in [5.74, 6) is -3.10. The van der Waals surface area contributed by atoms with Crippen molar-refractivity contribution in [3.63, 3.8) is 0 Å². The molecule has 2 aliphatic rings. The SMILES string of the molecule is CCOC(=O)c1cn(C)c2ncc(-c3cnc4[nH]c5c(N(C)C(=O)OC(C)(C)C)cc(F)c(F)c5c4c3N3CCC[C@@]4(C[C@H]4NC(=O)OC(C)(C)C)C3)cc2c1=O. The molecular weight excluding hydrogens is 740 g/mol. The number of aromatic nitrogens is 4. The Kier molecular flexibility index (Phi) is 9.68. The van der Waals surface area contributed by atoms with Gasteiger partial charge in [-0.2, -0.15) is 0 Å². The van der Waals surface area contributed by atoms with Gasteiger partial charge in [0.15, 0.2) is 11.6 Å². The summed E-state index contributed by atoms with van der Waals surface area (Å²) in [6.07, 6.45) is 5.42. The summed E-state index contributed by atoms with van der Waals surface area (Å²) >= 11 is 0. The molecule has 0 unspecified atom stereocenters. The number of ether oxygens (including phenoxy) is 3. The number of esters is 1. The van der Waals surface area contributed by atoms with E-state index in [4.69, 9.17) is 19.2 Å². The van der Waals surface area contributed by atoms with Gasteiger partial charge in [0.05, 0.1) is 39.7 Å². The van der Waals surface area contributed by atoms with Crippen molar-refractivity contribution in [2.24, 2.45) is 12.5 Å². The molecule has 2 amide bonds. The average molecular weight is 788 g/mol. The van der Waals surface area contributed by atoms with E-state index in [1.165, 1.54) is 13.2 Å². The monoisotopic (exact) mass is 787 g/mol. The van der Waals surface area contributed by atoms with Crippen molar-refractivity contribution < 1.29 is 37.4 Å². The Bertz CT molecular complexity index is 2540. The first kappa shape index (κ1) is 39.4. The number of anilines is 2. The van der Waals surface area contributed by atoms with Gasteiger partial charge in [-0.1, -0.05) is 0 Å². The number of carbonyl (C=O) groups excluding carboxylic acids is 3. The van der Waals surface area contributed by atoms with Crippen molar-refractivity contribution in [3.05, 3.63) is 58.1 Å². The lowest BCUT2D eigenvalue weighted by molar-refractivity contribution is 0.0507. The van der Waals surface area contributed by atoms with Gasteiger partial charge in [0, 0.05) is 74.4 Å². The zero-order chi connectivity index (χ0) is 41.4. The molecule has 1 aliphatic carbocycles. The third kappa shape index (κ3) is 7.32. The minimum absolute atomic E-state index is 0.0324. The fourth-order valence-corrected chi connectivity index (χ4v) is 7.83. The second-order valence-corrected chi connectivity index (χ2v) is 16.9. The average Bonchev–Trinajstić information content (AvgIpc) is 3.59. The van der Waals surface area contributed by atoms with Crippen molar-refractivity contribution >= 4 is 62.5 Å². The number of rotatable bonds is 6. The molecule has 4 aromatic heterocycles. The van der Waals surface area contributed by atoms with E-state index in [0.717, 1.165) is 17.4 Å². The van der Waals surface area contributed by atoms with Gasteiger partial charge in [0.2, 0.25) is 5.43 Å². The van der Waals surface area contributed by atoms with E-state index in [1.54, 1.807) is 78.5 Å². The number of piperidine rings is 1. The minimum atomic E-state index is -1.19. The highest BCUT2D eigenvalue weighted by atomic mass is 19.2. The fraction of sp³-hybridized carbons (Fsp3) is 0.463. The standard InChI is InChI=1S/C41H47F2N7O7/c1-10-55-36(52)24-19-48(8)35-22(33(24)51)14-21(17-45-35)23-18-44-34-29(28-30(43)25(42)15-26(31(28)47-34)49(9)38(54)57-40(5,6)7)32(23)50-13-11-12-41(20-50)16-27(41)46-37(53)56-39(2,3)4/h14-15,17-19,27H,10-13,16,20H2,1-9H3,(H,44,47)(H,46,53)/t27-,41-/m1/s1. The maximum Gasteiger partial charge on any atom is 0.414 e. The highest BCUT2D eigenvalue weighted by Gasteiger charge is 2.57. The largest absolute Gasteiger partial charge is 0.462 e. The van der Waals surface area contributed by atoms with Crippen LogP contribution in [0.1, 0.15) is 78.1 Å². The highest BCUT2D eigenvalue weighted by Crippen LogP contribution is 2.55. The lowest BCUT2D eigenvalue weighted by Crippen LogP contribution is -2.42. The van der Waals surface area contributed by atoms with Gasteiger partial charge in [0.1, 0.15) is 28.1 Å². The summed E-state index contributed by atoms with van der Waals surface area (Å²) in [4.78, 5) is 68.3. The third-order valence-corrected chi connectivity index (χ3v) is 10.4. The van der Waals surface area contributed by atoms with Crippen LogP contribution in [0.4, 0.5) is 29.7 Å². The number of aryl methyl sites for hydroxylation is 1. The molecule has 2 fully saturated rings.